The van der Waals surface area contributed by atoms with Gasteiger partial charge in [-0.05, 0) is 103 Å². The van der Waals surface area contributed by atoms with Crippen molar-refractivity contribution in [3.05, 3.63) is 149 Å². The van der Waals surface area contributed by atoms with E-state index in [1.807, 2.05) is 122 Å². The van der Waals surface area contributed by atoms with Crippen LogP contribution in [0, 0.1) is 5.92 Å². The maximum absolute atomic E-state index is 17.0. The number of halogens is 1. The SMILES string of the molecule is C[C@@H]1[C@@H]([Si](C)(C)F)[C@H](CC(=O)N2Cc3ccccc3C[C@H]2CO)O[C@@]12C(=O)N(Cc1ccc(N3C(=O)CCc4ccccc43)cc1)c1ccc(N3C(=O)CCc4ccccc43)cc12. The third-order valence-corrected chi connectivity index (χ3v) is 16.6. The third-order valence-electron chi connectivity index (χ3n) is 14.2. The first-order chi connectivity index (χ1) is 30.4. The Kier molecular flexibility index (Phi) is 10.2. The van der Waals surface area contributed by atoms with Gasteiger partial charge in [-0.25, -0.2) is 0 Å². The van der Waals surface area contributed by atoms with Crippen LogP contribution in [0.3, 0.4) is 0 Å². The molecule has 5 heterocycles. The molecule has 0 aromatic heterocycles. The number of carbonyl (C=O) groups is 4. The Hall–Kier alpha value is -5.95. The van der Waals surface area contributed by atoms with Crippen molar-refractivity contribution in [1.82, 2.24) is 4.90 Å². The Labute approximate surface area is 368 Å². The normalized spacial score (nSPS) is 24.1. The number of fused-ring (bicyclic) bond motifs is 5. The van der Waals surface area contributed by atoms with Crippen LogP contribution in [0.2, 0.25) is 18.6 Å². The Bertz CT molecular complexity index is 2670. The molecule has 322 valence electrons. The van der Waals surface area contributed by atoms with Gasteiger partial charge >= 0.3 is 0 Å². The molecule has 10 nitrogen and oxygen atoms in total. The molecule has 4 amide bonds. The number of ether oxygens (including phenoxy) is 1. The van der Waals surface area contributed by atoms with Crippen LogP contribution < -0.4 is 14.7 Å². The number of amides is 4. The molecule has 0 bridgehead atoms. The number of hydrogen-bond donors (Lipinski definition) is 1. The van der Waals surface area contributed by atoms with Gasteiger partial charge in [0.15, 0.2) is 5.60 Å². The van der Waals surface area contributed by atoms with Crippen molar-refractivity contribution in [2.75, 3.05) is 21.3 Å². The predicted octanol–water partition coefficient (Wildman–Crippen LogP) is 8.57. The van der Waals surface area contributed by atoms with Gasteiger partial charge in [-0.2, -0.15) is 0 Å². The topological polar surface area (TPSA) is 111 Å². The summed E-state index contributed by atoms with van der Waals surface area (Å²) in [7, 11) is -3.66. The Morgan fingerprint density at radius 3 is 1.94 bits per heavy atom. The van der Waals surface area contributed by atoms with Crippen molar-refractivity contribution < 1.29 is 33.1 Å². The van der Waals surface area contributed by atoms with Gasteiger partial charge in [-0.3, -0.25) is 29.0 Å². The fourth-order valence-electron chi connectivity index (χ4n) is 11.2. The lowest BCUT2D eigenvalue weighted by Gasteiger charge is -2.37. The summed E-state index contributed by atoms with van der Waals surface area (Å²) >= 11 is 0. The quantitative estimate of drug-likeness (QED) is 0.124. The molecule has 12 heteroatoms. The van der Waals surface area contributed by atoms with E-state index < -0.39 is 37.6 Å². The molecule has 1 N–H and O–H groups in total. The average Bonchev–Trinajstić information content (AvgIpc) is 3.71. The number of carbonyl (C=O) groups excluding carboxylic acids is 4. The number of anilines is 5. The van der Waals surface area contributed by atoms with E-state index in [2.05, 4.69) is 0 Å². The van der Waals surface area contributed by atoms with Gasteiger partial charge in [0.05, 0.1) is 48.8 Å². The van der Waals surface area contributed by atoms with Crippen LogP contribution >= 0.6 is 0 Å². The third kappa shape index (κ3) is 6.81. The van der Waals surface area contributed by atoms with Crippen LogP contribution in [-0.2, 0) is 61.9 Å². The smallest absolute Gasteiger partial charge is 0.264 e. The highest BCUT2D eigenvalue weighted by atomic mass is 28.4. The molecular formula is C51H51FN4O6Si. The number of nitrogens with zero attached hydrogens (tertiary/aromatic N) is 4. The first-order valence-electron chi connectivity index (χ1n) is 22.1. The number of para-hydroxylation sites is 2. The minimum Gasteiger partial charge on any atom is -0.394 e. The molecule has 5 aromatic rings. The fourth-order valence-corrected chi connectivity index (χ4v) is 13.7. The molecule has 0 unspecified atom stereocenters. The van der Waals surface area contributed by atoms with Crippen LogP contribution in [0.4, 0.5) is 32.5 Å². The number of aryl methyl sites for hydroxylation is 2. The number of aliphatic hydroxyl groups is 1. The lowest BCUT2D eigenvalue weighted by atomic mass is 9.82. The number of rotatable bonds is 8. The summed E-state index contributed by atoms with van der Waals surface area (Å²) in [5.74, 6) is -1.35. The molecule has 5 aliphatic rings. The largest absolute Gasteiger partial charge is 0.394 e. The van der Waals surface area contributed by atoms with E-state index in [1.165, 1.54) is 0 Å². The van der Waals surface area contributed by atoms with Gasteiger partial charge in [0.1, 0.15) is 0 Å². The first kappa shape index (κ1) is 41.1. The monoisotopic (exact) mass is 862 g/mol. The van der Waals surface area contributed by atoms with Crippen molar-refractivity contribution in [2.45, 2.75) is 94.9 Å². The molecule has 0 aliphatic carbocycles. The maximum Gasteiger partial charge on any atom is 0.264 e. The van der Waals surface area contributed by atoms with Crippen LogP contribution in [0.1, 0.15) is 59.6 Å². The lowest BCUT2D eigenvalue weighted by molar-refractivity contribution is -0.151. The van der Waals surface area contributed by atoms with Crippen molar-refractivity contribution >= 4 is 60.5 Å². The van der Waals surface area contributed by atoms with E-state index in [1.54, 1.807) is 32.7 Å². The van der Waals surface area contributed by atoms with Gasteiger partial charge in [0.25, 0.3) is 5.91 Å². The van der Waals surface area contributed by atoms with Gasteiger partial charge in [-0.1, -0.05) is 79.7 Å². The van der Waals surface area contributed by atoms with Crippen molar-refractivity contribution in [1.29, 1.82) is 0 Å². The second kappa shape index (κ2) is 15.7. The summed E-state index contributed by atoms with van der Waals surface area (Å²) in [5, 5.41) is 10.5. The fraction of sp³-hybridized carbons (Fsp3) is 0.333. The van der Waals surface area contributed by atoms with Crippen molar-refractivity contribution in [2.24, 2.45) is 5.92 Å². The highest BCUT2D eigenvalue weighted by Crippen LogP contribution is 2.61. The summed E-state index contributed by atoms with van der Waals surface area (Å²) in [6.07, 6.45) is 1.46. The predicted molar refractivity (Wildman–Crippen MR) is 242 cm³/mol. The number of aliphatic hydroxyl groups excluding tert-OH is 1. The van der Waals surface area contributed by atoms with Gasteiger partial charge in [0.2, 0.25) is 26.1 Å². The van der Waals surface area contributed by atoms with Crippen LogP contribution in [0.15, 0.2) is 115 Å². The van der Waals surface area contributed by atoms with E-state index in [0.717, 1.165) is 44.9 Å². The molecule has 0 radical (unpaired) electrons. The molecule has 1 fully saturated rings. The second-order valence-corrected chi connectivity index (χ2v) is 22.1. The van der Waals surface area contributed by atoms with Crippen LogP contribution in [0.5, 0.6) is 0 Å². The van der Waals surface area contributed by atoms with E-state index in [4.69, 9.17) is 4.74 Å². The Morgan fingerprint density at radius 2 is 1.32 bits per heavy atom. The zero-order valence-corrected chi connectivity index (χ0v) is 36.8. The van der Waals surface area contributed by atoms with E-state index in [9.17, 15) is 19.5 Å². The molecule has 5 atom stereocenters. The van der Waals surface area contributed by atoms with Gasteiger partial charge in [-0.15, -0.1) is 0 Å². The standard InChI is InChI=1S/C51H51FN4O6Si/c1-32-49(63(2,3)52)45(28-48(60)53-30-37-13-5-4-12-36(37)26-40(53)31-57)62-51(32)41-27-39(56-43-15-9-7-11-35(43)19-25-47(56)59)22-23-44(41)54(50(51)61)29-33-16-20-38(21-17-33)55-42-14-8-6-10-34(42)18-24-46(55)58/h4-17,20-23,27,32,40,45,49,57H,18-19,24-26,28-31H2,1-3H3/t32-,40+,45+,49-,51+/m1/s1. The Morgan fingerprint density at radius 1 is 0.746 bits per heavy atom. The lowest BCUT2D eigenvalue weighted by Crippen LogP contribution is -2.48. The Balaban J connectivity index is 1.03. The van der Waals surface area contributed by atoms with E-state index in [-0.39, 0.29) is 43.2 Å². The molecule has 1 saturated heterocycles. The molecule has 1 spiro atoms. The summed E-state index contributed by atoms with van der Waals surface area (Å²) in [6.45, 7) is 5.37. The second-order valence-electron chi connectivity index (χ2n) is 18.3. The van der Waals surface area contributed by atoms with E-state index in [0.29, 0.717) is 55.6 Å². The van der Waals surface area contributed by atoms with Crippen LogP contribution in [0.25, 0.3) is 0 Å². The first-order valence-corrected chi connectivity index (χ1v) is 25.0. The molecule has 5 aliphatic heterocycles. The number of benzene rings is 5. The molecule has 0 saturated carbocycles. The molecule has 10 rings (SSSR count). The highest BCUT2D eigenvalue weighted by molar-refractivity contribution is 6.72. The van der Waals surface area contributed by atoms with Crippen molar-refractivity contribution in [3.8, 4) is 0 Å². The molecular weight excluding hydrogens is 812 g/mol. The van der Waals surface area contributed by atoms with Gasteiger partial charge in [0, 0.05) is 47.8 Å². The minimum absolute atomic E-state index is 0.0175. The highest BCUT2D eigenvalue weighted by Gasteiger charge is 2.67. The average molecular weight is 863 g/mol. The maximum atomic E-state index is 17.0. The van der Waals surface area contributed by atoms with Gasteiger partial charge < -0.3 is 23.8 Å². The zero-order valence-electron chi connectivity index (χ0n) is 35.8. The summed E-state index contributed by atoms with van der Waals surface area (Å²) in [6, 6.07) is 36.4. The molecule has 63 heavy (non-hydrogen) atoms. The minimum atomic E-state index is -3.66. The summed E-state index contributed by atoms with van der Waals surface area (Å²) in [5.41, 5.74) is 6.73. The summed E-state index contributed by atoms with van der Waals surface area (Å²) in [4.78, 5) is 63.8. The zero-order chi connectivity index (χ0) is 43.8. The molecule has 5 aromatic carbocycles. The summed E-state index contributed by atoms with van der Waals surface area (Å²) < 4.78 is 24.1. The van der Waals surface area contributed by atoms with Crippen LogP contribution in [-0.4, -0.2) is 60.8 Å². The number of hydrogen-bond acceptors (Lipinski definition) is 6. The van der Waals surface area contributed by atoms with E-state index >= 15 is 8.90 Å². The van der Waals surface area contributed by atoms with Crippen molar-refractivity contribution in [3.63, 3.8) is 0 Å².